The average Bonchev–Trinajstić information content (AvgIpc) is 2.46. The van der Waals surface area contributed by atoms with Crippen LogP contribution in [0.2, 0.25) is 0 Å². The standard InChI is InChI=1S/C19H24/c1-4-6-7-8-16-9-10-19-14-17(15(3)5-2)11-12-18(19)13-16/h11-15H,4-6,9-10H2,1-3H3. The molecule has 0 saturated carbocycles. The van der Waals surface area contributed by atoms with Gasteiger partial charge >= 0.3 is 0 Å². The van der Waals surface area contributed by atoms with Gasteiger partial charge in [0, 0.05) is 12.0 Å². The van der Waals surface area contributed by atoms with Crippen LogP contribution < -0.4 is 0 Å². The second-order valence-electron chi connectivity index (χ2n) is 5.49. The van der Waals surface area contributed by atoms with Crippen molar-refractivity contribution in [1.29, 1.82) is 0 Å². The number of hydrogen-bond acceptors (Lipinski definition) is 0. The molecule has 1 aromatic carbocycles. The van der Waals surface area contributed by atoms with Crippen molar-refractivity contribution in [3.63, 3.8) is 0 Å². The first-order chi connectivity index (χ1) is 9.24. The average molecular weight is 252 g/mol. The van der Waals surface area contributed by atoms with E-state index in [1.165, 1.54) is 28.7 Å². The van der Waals surface area contributed by atoms with Crippen molar-refractivity contribution in [2.75, 3.05) is 0 Å². The van der Waals surface area contributed by atoms with Crippen molar-refractivity contribution >= 4 is 6.08 Å². The van der Waals surface area contributed by atoms with Gasteiger partial charge in [0.2, 0.25) is 0 Å². The van der Waals surface area contributed by atoms with Gasteiger partial charge in [0.05, 0.1) is 0 Å². The molecule has 0 nitrogen and oxygen atoms in total. The Hall–Kier alpha value is -1.48. The fraction of sp³-hybridized carbons (Fsp3) is 0.474. The molecule has 1 aliphatic rings. The minimum absolute atomic E-state index is 0.667. The second kappa shape index (κ2) is 6.62. The first-order valence-corrected chi connectivity index (χ1v) is 7.56. The van der Waals surface area contributed by atoms with E-state index in [1.807, 2.05) is 0 Å². The summed E-state index contributed by atoms with van der Waals surface area (Å²) in [5, 5.41) is 0. The van der Waals surface area contributed by atoms with E-state index < -0.39 is 0 Å². The van der Waals surface area contributed by atoms with Gasteiger partial charge in [-0.1, -0.05) is 50.8 Å². The molecule has 0 saturated heterocycles. The number of unbranched alkanes of at least 4 members (excludes halogenated alkanes) is 1. The van der Waals surface area contributed by atoms with E-state index in [-0.39, 0.29) is 0 Å². The van der Waals surface area contributed by atoms with E-state index in [2.05, 4.69) is 56.9 Å². The smallest absolute Gasteiger partial charge is 0.00897 e. The van der Waals surface area contributed by atoms with Crippen LogP contribution >= 0.6 is 0 Å². The minimum Gasteiger partial charge on any atom is -0.0982 e. The van der Waals surface area contributed by atoms with Gasteiger partial charge in [-0.3, -0.25) is 0 Å². The molecule has 0 heterocycles. The quantitative estimate of drug-likeness (QED) is 0.637. The van der Waals surface area contributed by atoms with Gasteiger partial charge in [0.15, 0.2) is 0 Å². The van der Waals surface area contributed by atoms with E-state index in [1.54, 1.807) is 0 Å². The van der Waals surface area contributed by atoms with Gasteiger partial charge in [-0.2, -0.15) is 0 Å². The van der Waals surface area contributed by atoms with E-state index in [0.29, 0.717) is 5.92 Å². The van der Waals surface area contributed by atoms with Crippen molar-refractivity contribution in [2.45, 2.75) is 58.8 Å². The summed E-state index contributed by atoms with van der Waals surface area (Å²) < 4.78 is 0. The van der Waals surface area contributed by atoms with Crippen LogP contribution in [0.5, 0.6) is 0 Å². The lowest BCUT2D eigenvalue weighted by atomic mass is 9.88. The van der Waals surface area contributed by atoms with Crippen LogP contribution in [0.25, 0.3) is 6.08 Å². The van der Waals surface area contributed by atoms with Crippen molar-refractivity contribution < 1.29 is 0 Å². The maximum Gasteiger partial charge on any atom is 0.00897 e. The third-order valence-corrected chi connectivity index (χ3v) is 3.97. The maximum absolute atomic E-state index is 3.32. The summed E-state index contributed by atoms with van der Waals surface area (Å²) in [6, 6.07) is 6.96. The lowest BCUT2D eigenvalue weighted by Gasteiger charge is -2.17. The Morgan fingerprint density at radius 3 is 2.79 bits per heavy atom. The summed E-state index contributed by atoms with van der Waals surface area (Å²) >= 11 is 0. The monoisotopic (exact) mass is 252 g/mol. The van der Waals surface area contributed by atoms with Crippen LogP contribution in [0.4, 0.5) is 0 Å². The highest BCUT2D eigenvalue weighted by atomic mass is 14.2. The normalized spacial score (nSPS) is 15.0. The predicted molar refractivity (Wildman–Crippen MR) is 84.1 cm³/mol. The summed E-state index contributed by atoms with van der Waals surface area (Å²) in [5.74, 6) is 7.25. The Kier molecular flexibility index (Phi) is 4.86. The van der Waals surface area contributed by atoms with Crippen LogP contribution in [0, 0.1) is 11.8 Å². The molecule has 2 rings (SSSR count). The van der Waals surface area contributed by atoms with Gasteiger partial charge in [0.25, 0.3) is 0 Å². The molecule has 0 fully saturated rings. The van der Waals surface area contributed by atoms with Crippen molar-refractivity contribution in [1.82, 2.24) is 0 Å². The largest absolute Gasteiger partial charge is 0.0982 e. The zero-order chi connectivity index (χ0) is 13.7. The molecule has 0 bridgehead atoms. The SMILES string of the molecule is CCCC#CC1=Cc2ccc(C(C)CC)cc2CC1. The summed E-state index contributed by atoms with van der Waals surface area (Å²) in [4.78, 5) is 0. The lowest BCUT2D eigenvalue weighted by Crippen LogP contribution is -2.01. The molecular formula is C19H24. The molecule has 0 heteroatoms. The first-order valence-electron chi connectivity index (χ1n) is 7.56. The zero-order valence-corrected chi connectivity index (χ0v) is 12.4. The summed E-state index contributed by atoms with van der Waals surface area (Å²) in [6.07, 6.45) is 7.90. The van der Waals surface area contributed by atoms with Gasteiger partial charge in [0.1, 0.15) is 0 Å². The molecule has 1 unspecified atom stereocenters. The third kappa shape index (κ3) is 3.51. The van der Waals surface area contributed by atoms with E-state index in [9.17, 15) is 0 Å². The molecule has 0 amide bonds. The topological polar surface area (TPSA) is 0 Å². The maximum atomic E-state index is 3.32. The summed E-state index contributed by atoms with van der Waals surface area (Å²) in [5.41, 5.74) is 5.66. The van der Waals surface area contributed by atoms with Gasteiger partial charge < -0.3 is 0 Å². The van der Waals surface area contributed by atoms with Gasteiger partial charge in [-0.25, -0.2) is 0 Å². The molecule has 0 aromatic heterocycles. The number of benzene rings is 1. The number of aryl methyl sites for hydroxylation is 1. The number of rotatable bonds is 3. The molecule has 19 heavy (non-hydrogen) atoms. The molecule has 1 atom stereocenters. The highest BCUT2D eigenvalue weighted by Crippen LogP contribution is 2.28. The first kappa shape index (κ1) is 13.9. The Balaban J connectivity index is 2.21. The number of fused-ring (bicyclic) bond motifs is 1. The minimum atomic E-state index is 0.667. The van der Waals surface area contributed by atoms with E-state index in [0.717, 1.165) is 25.7 Å². The Labute approximate surface area is 117 Å². The molecule has 0 aliphatic heterocycles. The highest BCUT2D eigenvalue weighted by molar-refractivity contribution is 5.64. The molecule has 1 aromatic rings. The van der Waals surface area contributed by atoms with Crippen LogP contribution in [0.1, 0.15) is 69.1 Å². The van der Waals surface area contributed by atoms with Crippen LogP contribution in [0.15, 0.2) is 23.8 Å². The fourth-order valence-electron chi connectivity index (χ4n) is 2.45. The predicted octanol–water partition coefficient (Wildman–Crippen LogP) is 5.33. The fourth-order valence-corrected chi connectivity index (χ4v) is 2.45. The third-order valence-electron chi connectivity index (χ3n) is 3.97. The summed E-state index contributed by atoms with van der Waals surface area (Å²) in [7, 11) is 0. The van der Waals surface area contributed by atoms with E-state index >= 15 is 0 Å². The Morgan fingerprint density at radius 2 is 2.05 bits per heavy atom. The van der Waals surface area contributed by atoms with Crippen LogP contribution in [0.3, 0.4) is 0 Å². The van der Waals surface area contributed by atoms with Crippen LogP contribution in [-0.2, 0) is 6.42 Å². The molecule has 0 spiro atoms. The zero-order valence-electron chi connectivity index (χ0n) is 12.4. The van der Waals surface area contributed by atoms with Gasteiger partial charge in [-0.15, -0.1) is 0 Å². The number of hydrogen-bond donors (Lipinski definition) is 0. The molecule has 0 radical (unpaired) electrons. The lowest BCUT2D eigenvalue weighted by molar-refractivity contribution is 0.731. The Morgan fingerprint density at radius 1 is 1.21 bits per heavy atom. The highest BCUT2D eigenvalue weighted by Gasteiger charge is 2.11. The molecule has 1 aliphatic carbocycles. The Bertz CT molecular complexity index is 523. The molecular weight excluding hydrogens is 228 g/mol. The molecule has 100 valence electrons. The van der Waals surface area contributed by atoms with E-state index in [4.69, 9.17) is 0 Å². The second-order valence-corrected chi connectivity index (χ2v) is 5.49. The van der Waals surface area contributed by atoms with Crippen molar-refractivity contribution in [3.05, 3.63) is 40.5 Å². The van der Waals surface area contributed by atoms with Crippen molar-refractivity contribution in [2.24, 2.45) is 0 Å². The summed E-state index contributed by atoms with van der Waals surface area (Å²) in [6.45, 7) is 6.74. The molecule has 0 N–H and O–H groups in total. The van der Waals surface area contributed by atoms with Crippen molar-refractivity contribution in [3.8, 4) is 11.8 Å². The van der Waals surface area contributed by atoms with Crippen LogP contribution in [-0.4, -0.2) is 0 Å². The van der Waals surface area contributed by atoms with Gasteiger partial charge in [-0.05, 0) is 54.4 Å². The number of allylic oxidation sites excluding steroid dienone is 1.